The van der Waals surface area contributed by atoms with Gasteiger partial charge in [-0.15, -0.1) is 0 Å². The minimum atomic E-state index is -3.67. The van der Waals surface area contributed by atoms with Gasteiger partial charge in [-0.3, -0.25) is 4.79 Å². The molecule has 8 heteroatoms. The Morgan fingerprint density at radius 2 is 2.09 bits per heavy atom. The summed E-state index contributed by atoms with van der Waals surface area (Å²) in [5, 5.41) is 6.06. The van der Waals surface area contributed by atoms with E-state index in [1.807, 2.05) is 0 Å². The van der Waals surface area contributed by atoms with Crippen LogP contribution in [0.5, 0.6) is 0 Å². The van der Waals surface area contributed by atoms with Crippen LogP contribution >= 0.6 is 11.6 Å². The molecule has 0 radical (unpaired) electrons. The molecule has 2 rings (SSSR count). The quantitative estimate of drug-likeness (QED) is 0.813. The van der Waals surface area contributed by atoms with Crippen LogP contribution in [0.15, 0.2) is 23.1 Å². The van der Waals surface area contributed by atoms with Crippen molar-refractivity contribution in [3.8, 4) is 0 Å². The molecule has 1 unspecified atom stereocenters. The van der Waals surface area contributed by atoms with Crippen LogP contribution in [-0.2, 0) is 14.8 Å². The molecule has 2 N–H and O–H groups in total. The van der Waals surface area contributed by atoms with Crippen molar-refractivity contribution >= 4 is 33.2 Å². The molecule has 6 nitrogen and oxygen atoms in total. The van der Waals surface area contributed by atoms with Crippen LogP contribution in [0.1, 0.15) is 20.3 Å². The number of carbonyl (C=O) groups is 1. The van der Waals surface area contributed by atoms with Crippen molar-refractivity contribution < 1.29 is 13.2 Å². The molecule has 1 aliphatic heterocycles. The van der Waals surface area contributed by atoms with E-state index >= 15 is 0 Å². The molecule has 0 aromatic heterocycles. The lowest BCUT2D eigenvalue weighted by Crippen LogP contribution is -2.31. The third kappa shape index (κ3) is 4.03. The molecule has 23 heavy (non-hydrogen) atoms. The number of nitrogens with zero attached hydrogens (tertiary/aromatic N) is 1. The standard InChI is InChI=1S/C15H22ClN3O3S/c1-3-19(4-2)23(21,22)14-9-12(5-6-13(14)16)18-15(20)11-7-8-17-10-11/h5-6,9,11,17H,3-4,7-8,10H2,1-2H3,(H,18,20). The normalized spacial score (nSPS) is 18.3. The maximum Gasteiger partial charge on any atom is 0.244 e. The summed E-state index contributed by atoms with van der Waals surface area (Å²) in [5.41, 5.74) is 0.442. The molecule has 128 valence electrons. The summed E-state index contributed by atoms with van der Waals surface area (Å²) >= 11 is 6.07. The largest absolute Gasteiger partial charge is 0.326 e. The summed E-state index contributed by atoms with van der Waals surface area (Å²) in [5.74, 6) is -0.197. The topological polar surface area (TPSA) is 78.5 Å². The predicted octanol–water partition coefficient (Wildman–Crippen LogP) is 1.92. The van der Waals surface area contributed by atoms with E-state index < -0.39 is 10.0 Å². The maximum atomic E-state index is 12.6. The van der Waals surface area contributed by atoms with Gasteiger partial charge in [-0.05, 0) is 31.2 Å². The highest BCUT2D eigenvalue weighted by Crippen LogP contribution is 2.28. The highest BCUT2D eigenvalue weighted by atomic mass is 35.5. The molecule has 1 heterocycles. The van der Waals surface area contributed by atoms with Gasteiger partial charge in [0, 0.05) is 25.3 Å². The van der Waals surface area contributed by atoms with Crippen LogP contribution in [0.4, 0.5) is 5.69 Å². The van der Waals surface area contributed by atoms with E-state index in [-0.39, 0.29) is 21.7 Å². The lowest BCUT2D eigenvalue weighted by atomic mass is 10.1. The summed E-state index contributed by atoms with van der Waals surface area (Å²) in [6.07, 6.45) is 0.782. The second-order valence-corrected chi connectivity index (χ2v) is 7.73. The Labute approximate surface area is 142 Å². The van der Waals surface area contributed by atoms with Gasteiger partial charge in [0.15, 0.2) is 0 Å². The Balaban J connectivity index is 2.26. The van der Waals surface area contributed by atoms with E-state index in [0.29, 0.717) is 25.3 Å². The van der Waals surface area contributed by atoms with E-state index in [4.69, 9.17) is 11.6 Å². The zero-order chi connectivity index (χ0) is 17.0. The minimum absolute atomic E-state index is 0.0187. The SMILES string of the molecule is CCN(CC)S(=O)(=O)c1cc(NC(=O)C2CCNC2)ccc1Cl. The fraction of sp³-hybridized carbons (Fsp3) is 0.533. The Morgan fingerprint density at radius 1 is 1.39 bits per heavy atom. The average Bonchev–Trinajstić information content (AvgIpc) is 3.04. The van der Waals surface area contributed by atoms with Gasteiger partial charge in [-0.25, -0.2) is 8.42 Å². The molecule has 1 aromatic carbocycles. The molecule has 1 aromatic rings. The van der Waals surface area contributed by atoms with Crippen LogP contribution in [0, 0.1) is 5.92 Å². The number of rotatable bonds is 6. The molecule has 0 aliphatic carbocycles. The monoisotopic (exact) mass is 359 g/mol. The van der Waals surface area contributed by atoms with E-state index in [1.165, 1.54) is 16.4 Å². The van der Waals surface area contributed by atoms with Crippen LogP contribution in [0.2, 0.25) is 5.02 Å². The third-order valence-corrected chi connectivity index (χ3v) is 6.48. The minimum Gasteiger partial charge on any atom is -0.326 e. The first kappa shape index (κ1) is 18.2. The van der Waals surface area contributed by atoms with Gasteiger partial charge in [0.05, 0.1) is 10.9 Å². The Bertz CT molecular complexity index is 669. The van der Waals surface area contributed by atoms with Gasteiger partial charge in [-0.2, -0.15) is 4.31 Å². The van der Waals surface area contributed by atoms with Crippen molar-refractivity contribution in [2.45, 2.75) is 25.2 Å². The second kappa shape index (κ2) is 7.61. The van der Waals surface area contributed by atoms with Crippen LogP contribution in [0.25, 0.3) is 0 Å². The molecule has 1 saturated heterocycles. The fourth-order valence-electron chi connectivity index (χ4n) is 2.60. The zero-order valence-electron chi connectivity index (χ0n) is 13.3. The second-order valence-electron chi connectivity index (χ2n) is 5.41. The van der Waals surface area contributed by atoms with Crippen molar-refractivity contribution in [3.63, 3.8) is 0 Å². The fourth-order valence-corrected chi connectivity index (χ4v) is 4.56. The third-order valence-electron chi connectivity index (χ3n) is 3.95. The van der Waals surface area contributed by atoms with Gasteiger partial charge in [0.1, 0.15) is 4.90 Å². The number of benzene rings is 1. The smallest absolute Gasteiger partial charge is 0.244 e. The van der Waals surface area contributed by atoms with Crippen LogP contribution in [-0.4, -0.2) is 44.8 Å². The van der Waals surface area contributed by atoms with E-state index in [0.717, 1.165) is 13.0 Å². The summed E-state index contributed by atoms with van der Waals surface area (Å²) < 4.78 is 26.6. The number of nitrogens with one attached hydrogen (secondary N) is 2. The first-order valence-corrected chi connectivity index (χ1v) is 9.53. The average molecular weight is 360 g/mol. The first-order chi connectivity index (χ1) is 10.9. The van der Waals surface area contributed by atoms with Crippen molar-refractivity contribution in [2.24, 2.45) is 5.92 Å². The molecule has 1 fully saturated rings. The van der Waals surface area contributed by atoms with Crippen LogP contribution in [0.3, 0.4) is 0 Å². The predicted molar refractivity (Wildman–Crippen MR) is 91.2 cm³/mol. The van der Waals surface area contributed by atoms with Gasteiger partial charge >= 0.3 is 0 Å². The number of sulfonamides is 1. The number of hydrogen-bond acceptors (Lipinski definition) is 4. The van der Waals surface area contributed by atoms with Crippen molar-refractivity contribution in [3.05, 3.63) is 23.2 Å². The molecular weight excluding hydrogens is 338 g/mol. The number of anilines is 1. The van der Waals surface area contributed by atoms with Gasteiger partial charge in [-0.1, -0.05) is 25.4 Å². The molecule has 0 spiro atoms. The van der Waals surface area contributed by atoms with E-state index in [9.17, 15) is 13.2 Å². The van der Waals surface area contributed by atoms with Gasteiger partial charge < -0.3 is 10.6 Å². The Morgan fingerprint density at radius 3 is 2.65 bits per heavy atom. The lowest BCUT2D eigenvalue weighted by Gasteiger charge is -2.20. The molecule has 0 saturated carbocycles. The molecule has 1 aliphatic rings. The molecule has 1 amide bonds. The lowest BCUT2D eigenvalue weighted by molar-refractivity contribution is -0.119. The first-order valence-electron chi connectivity index (χ1n) is 7.71. The summed E-state index contributed by atoms with van der Waals surface area (Å²) in [7, 11) is -3.67. The Hall–Kier alpha value is -1.15. The van der Waals surface area contributed by atoms with Crippen molar-refractivity contribution in [1.29, 1.82) is 0 Å². The van der Waals surface area contributed by atoms with E-state index in [1.54, 1.807) is 19.9 Å². The van der Waals surface area contributed by atoms with Gasteiger partial charge in [0.2, 0.25) is 15.9 Å². The molecule has 0 bridgehead atoms. The summed E-state index contributed by atoms with van der Waals surface area (Å²) in [4.78, 5) is 12.2. The highest BCUT2D eigenvalue weighted by Gasteiger charge is 2.26. The maximum absolute atomic E-state index is 12.6. The van der Waals surface area contributed by atoms with Crippen molar-refractivity contribution in [1.82, 2.24) is 9.62 Å². The summed E-state index contributed by atoms with van der Waals surface area (Å²) in [6.45, 7) is 5.73. The van der Waals surface area contributed by atoms with Crippen molar-refractivity contribution in [2.75, 3.05) is 31.5 Å². The van der Waals surface area contributed by atoms with Crippen LogP contribution < -0.4 is 10.6 Å². The zero-order valence-corrected chi connectivity index (χ0v) is 14.9. The van der Waals surface area contributed by atoms with E-state index in [2.05, 4.69) is 10.6 Å². The summed E-state index contributed by atoms with van der Waals surface area (Å²) in [6, 6.07) is 4.54. The molecule has 1 atom stereocenters. The number of halogens is 1. The number of amides is 1. The number of carbonyl (C=O) groups excluding carboxylic acids is 1. The molecular formula is C15H22ClN3O3S. The van der Waals surface area contributed by atoms with Gasteiger partial charge in [0.25, 0.3) is 0 Å². The highest BCUT2D eigenvalue weighted by molar-refractivity contribution is 7.89. The number of hydrogen-bond donors (Lipinski definition) is 2. The Kier molecular flexibility index (Phi) is 6.02.